The fourth-order valence-corrected chi connectivity index (χ4v) is 4.18. The van der Waals surface area contributed by atoms with E-state index in [9.17, 15) is 0 Å². The van der Waals surface area contributed by atoms with E-state index in [0.717, 1.165) is 24.6 Å². The van der Waals surface area contributed by atoms with Crippen molar-refractivity contribution < 1.29 is 4.74 Å². The summed E-state index contributed by atoms with van der Waals surface area (Å²) in [5.74, 6) is 0.907. The van der Waals surface area contributed by atoms with E-state index >= 15 is 0 Å². The molecule has 3 atom stereocenters. The summed E-state index contributed by atoms with van der Waals surface area (Å²) in [6, 6.07) is 1.62. The molecule has 0 aromatic rings. The lowest BCUT2D eigenvalue weighted by molar-refractivity contribution is 0.0150. The molecule has 0 bridgehead atoms. The Hall–Kier alpha value is -0.120. The van der Waals surface area contributed by atoms with Gasteiger partial charge in [-0.2, -0.15) is 0 Å². The highest BCUT2D eigenvalue weighted by Crippen LogP contribution is 2.41. The zero-order valence-corrected chi connectivity index (χ0v) is 10.7. The van der Waals surface area contributed by atoms with Crippen LogP contribution in [0.25, 0.3) is 0 Å². The molecule has 0 amide bonds. The third kappa shape index (κ3) is 1.92. The van der Waals surface area contributed by atoms with E-state index in [1.807, 2.05) is 0 Å². The second kappa shape index (κ2) is 4.22. The number of rotatable bonds is 2. The Bertz CT molecular complexity index is 292. The van der Waals surface area contributed by atoms with Crippen LogP contribution in [-0.4, -0.2) is 60.8 Å². The first-order valence-corrected chi connectivity index (χ1v) is 7.51. The summed E-state index contributed by atoms with van der Waals surface area (Å²) in [5, 5.41) is 0. The van der Waals surface area contributed by atoms with Gasteiger partial charge in [0.15, 0.2) is 0 Å². The molecule has 4 aliphatic rings. The molecular formula is C14H24N2O. The highest BCUT2D eigenvalue weighted by molar-refractivity contribution is 4.98. The van der Waals surface area contributed by atoms with Crippen molar-refractivity contribution in [3.05, 3.63) is 0 Å². The lowest BCUT2D eigenvalue weighted by Crippen LogP contribution is -2.55. The number of fused-ring (bicyclic) bond motifs is 1. The third-order valence-electron chi connectivity index (χ3n) is 5.28. The molecule has 0 aromatic heterocycles. The van der Waals surface area contributed by atoms with Crippen molar-refractivity contribution in [1.29, 1.82) is 0 Å². The molecule has 96 valence electrons. The molecule has 4 rings (SSSR count). The summed E-state index contributed by atoms with van der Waals surface area (Å²) in [7, 11) is 0. The van der Waals surface area contributed by atoms with E-state index in [1.54, 1.807) is 0 Å². The Morgan fingerprint density at radius 3 is 2.65 bits per heavy atom. The average molecular weight is 236 g/mol. The summed E-state index contributed by atoms with van der Waals surface area (Å²) in [4.78, 5) is 5.47. The van der Waals surface area contributed by atoms with Gasteiger partial charge in [-0.25, -0.2) is 0 Å². The van der Waals surface area contributed by atoms with E-state index in [0.29, 0.717) is 6.10 Å². The summed E-state index contributed by atoms with van der Waals surface area (Å²) in [6.07, 6.45) is 7.57. The van der Waals surface area contributed by atoms with Gasteiger partial charge < -0.3 is 4.74 Å². The first kappa shape index (κ1) is 10.8. The molecule has 0 aromatic carbocycles. The van der Waals surface area contributed by atoms with Crippen molar-refractivity contribution in [1.82, 2.24) is 9.80 Å². The van der Waals surface area contributed by atoms with Crippen LogP contribution in [0.15, 0.2) is 0 Å². The number of hydrogen-bond acceptors (Lipinski definition) is 3. The lowest BCUT2D eigenvalue weighted by atomic mass is 10.0. The molecule has 0 radical (unpaired) electrons. The Balaban J connectivity index is 1.43. The lowest BCUT2D eigenvalue weighted by Gasteiger charge is -2.41. The predicted molar refractivity (Wildman–Crippen MR) is 67.0 cm³/mol. The second-order valence-corrected chi connectivity index (χ2v) is 6.36. The van der Waals surface area contributed by atoms with Gasteiger partial charge in [-0.15, -0.1) is 0 Å². The van der Waals surface area contributed by atoms with E-state index in [1.165, 1.54) is 58.3 Å². The zero-order chi connectivity index (χ0) is 11.2. The van der Waals surface area contributed by atoms with Crippen LogP contribution in [0.5, 0.6) is 0 Å². The number of piperazine rings is 1. The summed E-state index contributed by atoms with van der Waals surface area (Å²) >= 11 is 0. The first-order chi connectivity index (χ1) is 8.42. The van der Waals surface area contributed by atoms with Gasteiger partial charge in [-0.1, -0.05) is 0 Å². The Labute approximate surface area is 104 Å². The molecule has 3 saturated heterocycles. The molecule has 1 aliphatic carbocycles. The van der Waals surface area contributed by atoms with Gasteiger partial charge >= 0.3 is 0 Å². The quantitative estimate of drug-likeness (QED) is 0.719. The van der Waals surface area contributed by atoms with E-state index in [-0.39, 0.29) is 0 Å². The van der Waals surface area contributed by atoms with Crippen LogP contribution in [0.2, 0.25) is 0 Å². The van der Waals surface area contributed by atoms with Gasteiger partial charge in [0, 0.05) is 38.3 Å². The molecule has 0 spiro atoms. The monoisotopic (exact) mass is 236 g/mol. The van der Waals surface area contributed by atoms with Crippen molar-refractivity contribution in [2.45, 2.75) is 50.3 Å². The number of nitrogens with zero attached hydrogens (tertiary/aromatic N) is 2. The molecule has 4 fully saturated rings. The van der Waals surface area contributed by atoms with Gasteiger partial charge in [-0.3, -0.25) is 9.80 Å². The van der Waals surface area contributed by atoms with Crippen molar-refractivity contribution in [2.24, 2.45) is 5.92 Å². The van der Waals surface area contributed by atoms with E-state index in [2.05, 4.69) is 9.80 Å². The molecule has 3 unspecified atom stereocenters. The molecule has 3 heterocycles. The number of hydrogen-bond donors (Lipinski definition) is 0. The van der Waals surface area contributed by atoms with Crippen LogP contribution < -0.4 is 0 Å². The Morgan fingerprint density at radius 2 is 1.76 bits per heavy atom. The van der Waals surface area contributed by atoms with E-state index < -0.39 is 0 Å². The molecular weight excluding hydrogens is 212 g/mol. The van der Waals surface area contributed by atoms with Crippen molar-refractivity contribution in [3.63, 3.8) is 0 Å². The molecule has 3 heteroatoms. The largest absolute Gasteiger partial charge is 0.376 e. The summed E-state index contributed by atoms with van der Waals surface area (Å²) in [6.45, 7) is 6.27. The van der Waals surface area contributed by atoms with Crippen molar-refractivity contribution in [3.8, 4) is 0 Å². The summed E-state index contributed by atoms with van der Waals surface area (Å²) < 4.78 is 6.00. The van der Waals surface area contributed by atoms with E-state index in [4.69, 9.17) is 4.74 Å². The minimum atomic E-state index is 0.586. The highest BCUT2D eigenvalue weighted by atomic mass is 16.5. The molecule has 3 nitrogen and oxygen atoms in total. The first-order valence-electron chi connectivity index (χ1n) is 7.51. The third-order valence-corrected chi connectivity index (χ3v) is 5.28. The van der Waals surface area contributed by atoms with Crippen LogP contribution in [0.4, 0.5) is 0 Å². The average Bonchev–Trinajstić information content (AvgIpc) is 2.93. The minimum absolute atomic E-state index is 0.586. The normalized spacial score (nSPS) is 44.1. The van der Waals surface area contributed by atoms with Crippen LogP contribution in [-0.2, 0) is 4.74 Å². The van der Waals surface area contributed by atoms with Crippen molar-refractivity contribution >= 4 is 0 Å². The van der Waals surface area contributed by atoms with Gasteiger partial charge in [0.05, 0.1) is 6.10 Å². The smallest absolute Gasteiger partial charge is 0.0759 e. The molecule has 0 N–H and O–H groups in total. The van der Waals surface area contributed by atoms with Crippen LogP contribution in [0, 0.1) is 5.92 Å². The maximum absolute atomic E-state index is 6.00. The standard InChI is InChI=1S/C14H24N2O/c1-2-12-10-16(8-7-15(12)6-1)13-5-9-17-14(13)11-3-4-11/h11-14H,1-10H2. The van der Waals surface area contributed by atoms with Crippen molar-refractivity contribution in [2.75, 3.05) is 32.8 Å². The second-order valence-electron chi connectivity index (χ2n) is 6.36. The van der Waals surface area contributed by atoms with Gasteiger partial charge in [0.25, 0.3) is 0 Å². The van der Waals surface area contributed by atoms with Gasteiger partial charge in [0.2, 0.25) is 0 Å². The van der Waals surface area contributed by atoms with Crippen LogP contribution in [0.3, 0.4) is 0 Å². The Morgan fingerprint density at radius 1 is 0.882 bits per heavy atom. The number of ether oxygens (including phenoxy) is 1. The van der Waals surface area contributed by atoms with Crippen LogP contribution >= 0.6 is 0 Å². The molecule has 17 heavy (non-hydrogen) atoms. The molecule has 3 aliphatic heterocycles. The fraction of sp³-hybridized carbons (Fsp3) is 1.00. The fourth-order valence-electron chi connectivity index (χ4n) is 4.18. The zero-order valence-electron chi connectivity index (χ0n) is 10.7. The summed E-state index contributed by atoms with van der Waals surface area (Å²) in [5.41, 5.74) is 0. The van der Waals surface area contributed by atoms with Gasteiger partial charge in [0.1, 0.15) is 0 Å². The molecule has 1 saturated carbocycles. The topological polar surface area (TPSA) is 15.7 Å². The highest BCUT2D eigenvalue weighted by Gasteiger charge is 2.44. The SMILES string of the molecule is C1CC2CN(C3CCOC3C3CC3)CCN2C1. The maximum atomic E-state index is 6.00. The van der Waals surface area contributed by atoms with Gasteiger partial charge in [-0.05, 0) is 44.6 Å². The Kier molecular flexibility index (Phi) is 2.67. The minimum Gasteiger partial charge on any atom is -0.376 e. The van der Waals surface area contributed by atoms with Crippen LogP contribution in [0.1, 0.15) is 32.1 Å². The predicted octanol–water partition coefficient (Wildman–Crippen LogP) is 1.33. The maximum Gasteiger partial charge on any atom is 0.0759 e.